The second kappa shape index (κ2) is 5.58. The Labute approximate surface area is 131 Å². The molecule has 0 spiro atoms. The predicted molar refractivity (Wildman–Crippen MR) is 82.8 cm³/mol. The molecule has 2 aromatic rings. The molecule has 0 radical (unpaired) electrons. The van der Waals surface area contributed by atoms with Crippen molar-refractivity contribution in [3.05, 3.63) is 39.7 Å². The molecule has 2 heterocycles. The van der Waals surface area contributed by atoms with E-state index in [0.29, 0.717) is 12.0 Å². The Morgan fingerprint density at radius 3 is 2.57 bits per heavy atom. The molecule has 3 nitrogen and oxygen atoms in total. The van der Waals surface area contributed by atoms with Crippen LogP contribution in [0.25, 0.3) is 11.0 Å². The summed E-state index contributed by atoms with van der Waals surface area (Å²) in [5.74, 6) is 0.587. The third-order valence-electron chi connectivity index (χ3n) is 4.71. The van der Waals surface area contributed by atoms with Crippen LogP contribution in [-0.4, -0.2) is 6.54 Å². The van der Waals surface area contributed by atoms with E-state index >= 15 is 0 Å². The molecule has 0 amide bonds. The maximum atomic E-state index is 13.3. The van der Waals surface area contributed by atoms with Crippen LogP contribution in [0.15, 0.2) is 27.4 Å². The molecule has 1 aliphatic heterocycles. The van der Waals surface area contributed by atoms with Crippen LogP contribution in [0, 0.1) is 5.92 Å². The Kier molecular flexibility index (Phi) is 3.86. The summed E-state index contributed by atoms with van der Waals surface area (Å²) in [6.07, 6.45) is -2.77. The maximum absolute atomic E-state index is 13.3. The number of fused-ring (bicyclic) bond motifs is 2. The number of hydrogen-bond donors (Lipinski definition) is 1. The highest BCUT2D eigenvalue weighted by molar-refractivity contribution is 5.86. The lowest BCUT2D eigenvalue weighted by atomic mass is 9.78. The monoisotopic (exact) mass is 325 g/mol. The van der Waals surface area contributed by atoms with Crippen molar-refractivity contribution in [1.29, 1.82) is 0 Å². The van der Waals surface area contributed by atoms with E-state index in [1.807, 2.05) is 6.92 Å². The van der Waals surface area contributed by atoms with Gasteiger partial charge in [-0.25, -0.2) is 4.79 Å². The first-order valence-corrected chi connectivity index (χ1v) is 7.78. The van der Waals surface area contributed by atoms with Gasteiger partial charge in [0.1, 0.15) is 5.58 Å². The molecule has 23 heavy (non-hydrogen) atoms. The van der Waals surface area contributed by atoms with Crippen LogP contribution in [0.1, 0.15) is 43.7 Å². The first-order valence-electron chi connectivity index (χ1n) is 7.78. The number of hydrogen-bond acceptors (Lipinski definition) is 3. The summed E-state index contributed by atoms with van der Waals surface area (Å²) >= 11 is 0. The van der Waals surface area contributed by atoms with Gasteiger partial charge in [0.2, 0.25) is 0 Å². The van der Waals surface area contributed by atoms with E-state index in [9.17, 15) is 18.0 Å². The predicted octanol–water partition coefficient (Wildman–Crippen LogP) is 4.76. The third kappa shape index (κ3) is 2.71. The Morgan fingerprint density at radius 1 is 1.22 bits per heavy atom. The lowest BCUT2D eigenvalue weighted by Gasteiger charge is -2.33. The topological polar surface area (TPSA) is 42.2 Å². The van der Waals surface area contributed by atoms with E-state index in [2.05, 4.69) is 12.2 Å². The van der Waals surface area contributed by atoms with E-state index in [4.69, 9.17) is 4.42 Å². The first kappa shape index (κ1) is 15.9. The molecule has 1 aliphatic rings. The molecule has 1 N–H and O–H groups in total. The van der Waals surface area contributed by atoms with Crippen molar-refractivity contribution in [1.82, 2.24) is 0 Å². The minimum absolute atomic E-state index is 0.0270. The third-order valence-corrected chi connectivity index (χ3v) is 4.71. The molecule has 0 fully saturated rings. The molecule has 0 saturated carbocycles. The maximum Gasteiger partial charge on any atom is 0.417 e. The number of halogens is 3. The van der Waals surface area contributed by atoms with Gasteiger partial charge >= 0.3 is 11.8 Å². The SMILES string of the molecule is CC[C@H]1CNc2cc3oc(=O)cc(C(F)(F)F)c3cc2[C@@H]1CC. The lowest BCUT2D eigenvalue weighted by Crippen LogP contribution is -2.27. The summed E-state index contributed by atoms with van der Waals surface area (Å²) in [6, 6.07) is 3.60. The number of alkyl halides is 3. The molecule has 1 aromatic heterocycles. The van der Waals surface area contributed by atoms with E-state index in [1.165, 1.54) is 6.07 Å². The average molecular weight is 325 g/mol. The molecule has 0 aliphatic carbocycles. The van der Waals surface area contributed by atoms with Gasteiger partial charge in [-0.1, -0.05) is 20.3 Å². The van der Waals surface area contributed by atoms with Crippen LogP contribution < -0.4 is 10.9 Å². The largest absolute Gasteiger partial charge is 0.423 e. The Hall–Kier alpha value is -1.98. The quantitative estimate of drug-likeness (QED) is 0.810. The van der Waals surface area contributed by atoms with Crippen LogP contribution in [0.4, 0.5) is 18.9 Å². The molecule has 6 heteroatoms. The molecule has 0 saturated heterocycles. The van der Waals surface area contributed by atoms with Gasteiger partial charge in [-0.2, -0.15) is 13.2 Å². The minimum Gasteiger partial charge on any atom is -0.423 e. The molecule has 0 unspecified atom stereocenters. The zero-order chi connectivity index (χ0) is 16.8. The van der Waals surface area contributed by atoms with Gasteiger partial charge in [-0.15, -0.1) is 0 Å². The van der Waals surface area contributed by atoms with Gasteiger partial charge in [0.25, 0.3) is 0 Å². The van der Waals surface area contributed by atoms with E-state index in [1.54, 1.807) is 6.07 Å². The Balaban J connectivity index is 2.28. The van der Waals surface area contributed by atoms with Crippen molar-refractivity contribution in [2.75, 3.05) is 11.9 Å². The Bertz CT molecular complexity index is 795. The van der Waals surface area contributed by atoms with Gasteiger partial charge < -0.3 is 9.73 Å². The van der Waals surface area contributed by atoms with Crippen molar-refractivity contribution in [2.45, 2.75) is 38.8 Å². The van der Waals surface area contributed by atoms with E-state index in [-0.39, 0.29) is 16.9 Å². The second-order valence-electron chi connectivity index (χ2n) is 5.98. The molecule has 3 rings (SSSR count). The van der Waals surface area contributed by atoms with Gasteiger partial charge in [0, 0.05) is 29.8 Å². The summed E-state index contributed by atoms with van der Waals surface area (Å²) < 4.78 is 44.8. The highest BCUT2D eigenvalue weighted by Crippen LogP contribution is 2.43. The highest BCUT2D eigenvalue weighted by Gasteiger charge is 2.35. The van der Waals surface area contributed by atoms with E-state index < -0.39 is 17.4 Å². The molecular formula is C17H18F3NO2. The number of benzene rings is 1. The molecular weight excluding hydrogens is 307 g/mol. The summed E-state index contributed by atoms with van der Waals surface area (Å²) in [4.78, 5) is 11.5. The van der Waals surface area contributed by atoms with Crippen LogP contribution in [0.5, 0.6) is 0 Å². The van der Waals surface area contributed by atoms with Crippen molar-refractivity contribution in [2.24, 2.45) is 5.92 Å². The average Bonchev–Trinajstić information content (AvgIpc) is 2.50. The van der Waals surface area contributed by atoms with Gasteiger partial charge in [0.15, 0.2) is 0 Å². The summed E-state index contributed by atoms with van der Waals surface area (Å²) in [7, 11) is 0. The summed E-state index contributed by atoms with van der Waals surface area (Å²) in [6.45, 7) is 4.90. The molecule has 124 valence electrons. The first-order chi connectivity index (χ1) is 10.8. The number of anilines is 1. The van der Waals surface area contributed by atoms with Crippen LogP contribution >= 0.6 is 0 Å². The molecule has 1 aromatic carbocycles. The highest BCUT2D eigenvalue weighted by atomic mass is 19.4. The lowest BCUT2D eigenvalue weighted by molar-refractivity contribution is -0.136. The normalized spacial score (nSPS) is 21.1. The number of nitrogens with one attached hydrogen (secondary N) is 1. The van der Waals surface area contributed by atoms with Crippen molar-refractivity contribution in [3.63, 3.8) is 0 Å². The zero-order valence-corrected chi connectivity index (χ0v) is 13.0. The van der Waals surface area contributed by atoms with Gasteiger partial charge in [-0.3, -0.25) is 0 Å². The fourth-order valence-corrected chi connectivity index (χ4v) is 3.54. The van der Waals surface area contributed by atoms with Crippen LogP contribution in [0.2, 0.25) is 0 Å². The molecule has 0 bridgehead atoms. The van der Waals surface area contributed by atoms with Crippen molar-refractivity contribution < 1.29 is 17.6 Å². The van der Waals surface area contributed by atoms with Gasteiger partial charge in [-0.05, 0) is 29.9 Å². The second-order valence-corrected chi connectivity index (χ2v) is 5.98. The zero-order valence-electron chi connectivity index (χ0n) is 13.0. The van der Waals surface area contributed by atoms with Crippen LogP contribution in [0.3, 0.4) is 0 Å². The van der Waals surface area contributed by atoms with Gasteiger partial charge in [0.05, 0.1) is 5.56 Å². The summed E-state index contributed by atoms with van der Waals surface area (Å²) in [5.41, 5.74) is -0.311. The standard InChI is InChI=1S/C17H18F3NO2/c1-3-9-8-21-14-7-15-12(5-11(14)10(9)4-2)13(17(18,19)20)6-16(22)23-15/h5-7,9-10,21H,3-4,8H2,1-2H3/t9-,10+/m0/s1. The van der Waals surface area contributed by atoms with Crippen molar-refractivity contribution in [3.8, 4) is 0 Å². The smallest absolute Gasteiger partial charge is 0.417 e. The fourth-order valence-electron chi connectivity index (χ4n) is 3.54. The molecule has 2 atom stereocenters. The fraction of sp³-hybridized carbons (Fsp3) is 0.471. The van der Waals surface area contributed by atoms with Crippen LogP contribution in [-0.2, 0) is 6.18 Å². The van der Waals surface area contributed by atoms with Crippen molar-refractivity contribution >= 4 is 16.7 Å². The summed E-state index contributed by atoms with van der Waals surface area (Å²) in [5, 5.41) is 3.21. The Morgan fingerprint density at radius 2 is 1.96 bits per heavy atom. The van der Waals surface area contributed by atoms with E-state index in [0.717, 1.165) is 30.6 Å². The number of rotatable bonds is 2. The minimum atomic E-state index is -4.59.